The first-order valence-electron chi connectivity index (χ1n) is 10.1. The van der Waals surface area contributed by atoms with E-state index >= 15 is 0 Å². The van der Waals surface area contributed by atoms with Gasteiger partial charge < -0.3 is 31.1 Å². The fourth-order valence-electron chi connectivity index (χ4n) is 3.13. The third kappa shape index (κ3) is 6.80. The first-order valence-corrected chi connectivity index (χ1v) is 11.0. The van der Waals surface area contributed by atoms with Crippen molar-refractivity contribution in [2.45, 2.75) is 6.18 Å². The minimum Gasteiger partial charge on any atom is -0.478 e. The van der Waals surface area contributed by atoms with E-state index in [1.165, 1.54) is 11.4 Å². The Morgan fingerprint density at radius 1 is 1.17 bits per heavy atom. The number of morpholine rings is 1. The number of hydrogen-bond acceptors (Lipinski definition) is 9. The van der Waals surface area contributed by atoms with E-state index in [4.69, 9.17) is 9.53 Å². The van der Waals surface area contributed by atoms with E-state index in [0.717, 1.165) is 30.1 Å². The summed E-state index contributed by atoms with van der Waals surface area (Å²) >= 11 is 0.963. The van der Waals surface area contributed by atoms with Crippen molar-refractivity contribution in [3.05, 3.63) is 53.0 Å². The maximum Gasteiger partial charge on any atom is 0.421 e. The maximum absolute atomic E-state index is 13.4. The van der Waals surface area contributed by atoms with Crippen LogP contribution in [0, 0.1) is 0 Å². The number of primary amides is 1. The van der Waals surface area contributed by atoms with Gasteiger partial charge in [-0.2, -0.15) is 18.2 Å². The zero-order valence-electron chi connectivity index (χ0n) is 18.1. The smallest absolute Gasteiger partial charge is 0.421 e. The molecule has 2 aromatic heterocycles. The van der Waals surface area contributed by atoms with E-state index < -0.39 is 23.5 Å². The Bertz CT molecular complexity index is 1150. The van der Waals surface area contributed by atoms with Crippen LogP contribution in [0.25, 0.3) is 0 Å². The highest BCUT2D eigenvalue weighted by atomic mass is 32.1. The number of nitrogens with one attached hydrogen (secondary N) is 2. The number of aromatic carboxylic acids is 1. The SMILES string of the molecule is NC=O.O=C(O)c1ccsc1Nc1nc(Nc2ccc(N3CCOCC3)cc2)ncc1C(F)(F)F. The van der Waals surface area contributed by atoms with Gasteiger partial charge in [0.15, 0.2) is 0 Å². The van der Waals surface area contributed by atoms with E-state index in [2.05, 4.69) is 31.2 Å². The zero-order valence-corrected chi connectivity index (χ0v) is 18.9. The molecular formula is C21H21F3N6O4S. The summed E-state index contributed by atoms with van der Waals surface area (Å²) in [5.41, 5.74) is 4.52. The highest BCUT2D eigenvalue weighted by Gasteiger charge is 2.35. The van der Waals surface area contributed by atoms with Crippen LogP contribution in [-0.2, 0) is 15.7 Å². The van der Waals surface area contributed by atoms with Crippen LogP contribution < -0.4 is 21.3 Å². The van der Waals surface area contributed by atoms with E-state index in [1.54, 1.807) is 12.1 Å². The second-order valence-electron chi connectivity index (χ2n) is 6.95. The third-order valence-electron chi connectivity index (χ3n) is 4.72. The molecule has 4 rings (SSSR count). The molecule has 35 heavy (non-hydrogen) atoms. The van der Waals surface area contributed by atoms with Gasteiger partial charge in [-0.1, -0.05) is 0 Å². The molecule has 0 bridgehead atoms. The minimum atomic E-state index is -4.72. The Hall–Kier alpha value is -3.91. The molecule has 1 saturated heterocycles. The number of nitrogens with two attached hydrogens (primary N) is 1. The van der Waals surface area contributed by atoms with Crippen LogP contribution in [0.5, 0.6) is 0 Å². The van der Waals surface area contributed by atoms with Gasteiger partial charge >= 0.3 is 12.1 Å². The van der Waals surface area contributed by atoms with Crippen LogP contribution in [0.3, 0.4) is 0 Å². The Morgan fingerprint density at radius 3 is 2.43 bits per heavy atom. The van der Waals surface area contributed by atoms with E-state index in [1.807, 2.05) is 12.1 Å². The molecule has 10 nitrogen and oxygen atoms in total. The lowest BCUT2D eigenvalue weighted by atomic mass is 10.2. The molecule has 1 aromatic carbocycles. The molecule has 1 aliphatic heterocycles. The Morgan fingerprint density at radius 2 is 1.83 bits per heavy atom. The average Bonchev–Trinajstić information content (AvgIpc) is 3.29. The number of ether oxygens (including phenoxy) is 1. The second-order valence-corrected chi connectivity index (χ2v) is 7.87. The Balaban J connectivity index is 0.00000108. The van der Waals surface area contributed by atoms with Crippen LogP contribution in [0.2, 0.25) is 0 Å². The summed E-state index contributed by atoms with van der Waals surface area (Å²) in [6.07, 6.45) is -3.81. The molecule has 0 spiro atoms. The highest BCUT2D eigenvalue weighted by molar-refractivity contribution is 7.14. The molecule has 1 fully saturated rings. The lowest BCUT2D eigenvalue weighted by molar-refractivity contribution is -0.137. The van der Waals surface area contributed by atoms with Gasteiger partial charge in [0, 0.05) is 30.7 Å². The number of carboxylic acids is 1. The highest BCUT2D eigenvalue weighted by Crippen LogP contribution is 2.37. The molecule has 0 radical (unpaired) electrons. The number of rotatable bonds is 6. The van der Waals surface area contributed by atoms with Crippen molar-refractivity contribution in [2.75, 3.05) is 41.8 Å². The number of carbonyl (C=O) groups excluding carboxylic acids is 1. The molecule has 1 amide bonds. The summed E-state index contributed by atoms with van der Waals surface area (Å²) in [6.45, 7) is 2.88. The van der Waals surface area contributed by atoms with Crippen LogP contribution in [0.4, 0.5) is 41.3 Å². The molecule has 1 aliphatic rings. The van der Waals surface area contributed by atoms with Crippen LogP contribution >= 0.6 is 11.3 Å². The predicted molar refractivity (Wildman–Crippen MR) is 125 cm³/mol. The van der Waals surface area contributed by atoms with Crippen molar-refractivity contribution in [3.63, 3.8) is 0 Å². The van der Waals surface area contributed by atoms with E-state index in [-0.39, 0.29) is 22.9 Å². The van der Waals surface area contributed by atoms with Crippen LogP contribution in [0.15, 0.2) is 41.9 Å². The topological polar surface area (TPSA) is 143 Å². The van der Waals surface area contributed by atoms with Gasteiger partial charge in [0.1, 0.15) is 16.4 Å². The molecule has 5 N–H and O–H groups in total. The second kappa shape index (κ2) is 11.5. The van der Waals surface area contributed by atoms with Crippen molar-refractivity contribution in [1.29, 1.82) is 0 Å². The van der Waals surface area contributed by atoms with Crippen molar-refractivity contribution in [1.82, 2.24) is 9.97 Å². The first kappa shape index (κ1) is 25.7. The minimum absolute atomic E-state index is 0.0440. The summed E-state index contributed by atoms with van der Waals surface area (Å²) in [4.78, 5) is 29.8. The lowest BCUT2D eigenvalue weighted by Crippen LogP contribution is -2.36. The fourth-order valence-corrected chi connectivity index (χ4v) is 3.91. The molecule has 0 unspecified atom stereocenters. The monoisotopic (exact) mass is 510 g/mol. The van der Waals surface area contributed by atoms with Gasteiger partial charge in [-0.25, -0.2) is 9.78 Å². The van der Waals surface area contributed by atoms with Gasteiger partial charge in [-0.3, -0.25) is 4.79 Å². The molecule has 186 valence electrons. The van der Waals surface area contributed by atoms with Crippen LogP contribution in [-0.4, -0.2) is 53.8 Å². The molecule has 3 heterocycles. The lowest BCUT2D eigenvalue weighted by Gasteiger charge is -2.28. The number of amides is 1. The molecule has 0 atom stereocenters. The Kier molecular flexibility index (Phi) is 8.43. The number of nitrogens with zero attached hydrogens (tertiary/aromatic N) is 3. The Labute approximate surface area is 201 Å². The number of alkyl halides is 3. The number of anilines is 5. The number of carboxylic acid groups (broad SMARTS) is 1. The quantitative estimate of drug-likeness (QED) is 0.365. The van der Waals surface area contributed by atoms with E-state index in [9.17, 15) is 23.1 Å². The van der Waals surface area contributed by atoms with Crippen LogP contribution in [0.1, 0.15) is 15.9 Å². The van der Waals surface area contributed by atoms with Gasteiger partial charge in [0.25, 0.3) is 0 Å². The third-order valence-corrected chi connectivity index (χ3v) is 5.55. The fraction of sp³-hybridized carbons (Fsp3) is 0.238. The number of thiophene rings is 1. The average molecular weight is 510 g/mol. The number of halogens is 3. The van der Waals surface area contributed by atoms with Crippen molar-refractivity contribution in [2.24, 2.45) is 5.73 Å². The van der Waals surface area contributed by atoms with Gasteiger partial charge in [-0.15, -0.1) is 11.3 Å². The number of hydrogen-bond donors (Lipinski definition) is 4. The normalized spacial score (nSPS) is 13.4. The summed E-state index contributed by atoms with van der Waals surface area (Å²) in [7, 11) is 0. The molecule has 14 heteroatoms. The molecule has 0 aliphatic carbocycles. The predicted octanol–water partition coefficient (Wildman–Crippen LogP) is 3.68. The van der Waals surface area contributed by atoms with Gasteiger partial charge in [0.05, 0.1) is 18.8 Å². The van der Waals surface area contributed by atoms with Gasteiger partial charge in [-0.05, 0) is 35.7 Å². The summed E-state index contributed by atoms with van der Waals surface area (Å²) in [5, 5.41) is 16.1. The van der Waals surface area contributed by atoms with Crippen molar-refractivity contribution in [3.8, 4) is 0 Å². The summed E-state index contributed by atoms with van der Waals surface area (Å²) < 4.78 is 45.7. The zero-order chi connectivity index (χ0) is 25.4. The van der Waals surface area contributed by atoms with Gasteiger partial charge in [0.2, 0.25) is 12.4 Å². The molecule has 3 aromatic rings. The van der Waals surface area contributed by atoms with Crippen molar-refractivity contribution < 1.29 is 32.6 Å². The number of aromatic nitrogens is 2. The molecular weight excluding hydrogens is 489 g/mol. The molecule has 0 saturated carbocycles. The summed E-state index contributed by atoms with van der Waals surface area (Å²) in [6, 6.07) is 8.64. The number of benzene rings is 1. The first-order chi connectivity index (χ1) is 16.7. The van der Waals surface area contributed by atoms with Crippen molar-refractivity contribution >= 4 is 51.9 Å². The number of carbonyl (C=O) groups is 2. The standard InChI is InChI=1S/C20H18F3N5O3S.CH3NO/c21-20(22,23)15-11-24-19(27-16(15)26-17-14(18(29)30)5-10-32-17)25-12-1-3-13(4-2-12)28-6-8-31-9-7-28;2-1-3/h1-5,10-11H,6-9H2,(H,29,30)(H2,24,25,26,27);1H,(H2,2,3). The summed E-state index contributed by atoms with van der Waals surface area (Å²) in [5.74, 6) is -1.85. The van der Waals surface area contributed by atoms with E-state index in [0.29, 0.717) is 25.1 Å². The largest absolute Gasteiger partial charge is 0.478 e. The maximum atomic E-state index is 13.4.